The number of methoxy groups -OCH3 is 1. The van der Waals surface area contributed by atoms with E-state index >= 15 is 0 Å². The molecular formula is C21H22N2O4. The van der Waals surface area contributed by atoms with E-state index in [-0.39, 0.29) is 11.8 Å². The molecule has 2 aromatic carbocycles. The minimum Gasteiger partial charge on any atom is -0.497 e. The van der Waals surface area contributed by atoms with Crippen LogP contribution in [0.25, 0.3) is 0 Å². The van der Waals surface area contributed by atoms with E-state index in [1.54, 1.807) is 31.4 Å². The van der Waals surface area contributed by atoms with Crippen LogP contribution in [-0.4, -0.2) is 35.8 Å². The summed E-state index contributed by atoms with van der Waals surface area (Å²) in [5.41, 5.74) is 1.58. The number of imide groups is 1. The maximum Gasteiger partial charge on any atom is 0.262 e. The minimum atomic E-state index is -0.865. The Balaban J connectivity index is 1.76. The van der Waals surface area contributed by atoms with E-state index in [0.29, 0.717) is 17.7 Å². The van der Waals surface area contributed by atoms with Crippen molar-refractivity contribution in [1.82, 2.24) is 10.2 Å². The van der Waals surface area contributed by atoms with Gasteiger partial charge in [-0.05, 0) is 35.7 Å². The molecule has 6 heteroatoms. The van der Waals surface area contributed by atoms with Crippen LogP contribution in [0.2, 0.25) is 0 Å². The van der Waals surface area contributed by atoms with E-state index in [4.69, 9.17) is 4.74 Å². The molecule has 0 aromatic heterocycles. The third-order valence-electron chi connectivity index (χ3n) is 4.63. The van der Waals surface area contributed by atoms with Gasteiger partial charge in [-0.1, -0.05) is 38.1 Å². The Morgan fingerprint density at radius 3 is 2.04 bits per heavy atom. The summed E-state index contributed by atoms with van der Waals surface area (Å²) in [4.78, 5) is 39.3. The fraction of sp³-hybridized carbons (Fsp3) is 0.286. The van der Waals surface area contributed by atoms with Crippen LogP contribution in [0.5, 0.6) is 5.75 Å². The van der Waals surface area contributed by atoms with Crippen LogP contribution < -0.4 is 10.1 Å². The van der Waals surface area contributed by atoms with Crippen molar-refractivity contribution >= 4 is 17.7 Å². The Hall–Kier alpha value is -3.15. The number of hydrogen-bond donors (Lipinski definition) is 1. The number of rotatable bonds is 6. The van der Waals surface area contributed by atoms with Crippen molar-refractivity contribution in [1.29, 1.82) is 0 Å². The summed E-state index contributed by atoms with van der Waals surface area (Å²) >= 11 is 0. The summed E-state index contributed by atoms with van der Waals surface area (Å²) in [6.45, 7) is 3.94. The second-order valence-electron chi connectivity index (χ2n) is 6.78. The van der Waals surface area contributed by atoms with E-state index in [0.717, 1.165) is 16.2 Å². The second-order valence-corrected chi connectivity index (χ2v) is 6.78. The molecule has 1 aliphatic rings. The molecule has 3 rings (SSSR count). The molecule has 1 aliphatic heterocycles. The zero-order valence-corrected chi connectivity index (χ0v) is 15.6. The zero-order valence-electron chi connectivity index (χ0n) is 15.6. The predicted octanol–water partition coefficient (Wildman–Crippen LogP) is 2.63. The van der Waals surface area contributed by atoms with Gasteiger partial charge in [-0.2, -0.15) is 0 Å². The molecule has 6 nitrogen and oxygen atoms in total. The number of nitrogens with zero attached hydrogens (tertiary/aromatic N) is 1. The van der Waals surface area contributed by atoms with Gasteiger partial charge in [0.2, 0.25) is 5.91 Å². The summed E-state index contributed by atoms with van der Waals surface area (Å²) < 4.78 is 5.12. The Morgan fingerprint density at radius 1 is 1.00 bits per heavy atom. The molecule has 0 radical (unpaired) electrons. The van der Waals surface area contributed by atoms with Crippen molar-refractivity contribution in [2.45, 2.75) is 26.4 Å². The third-order valence-corrected chi connectivity index (χ3v) is 4.63. The number of carbonyl (C=O) groups excluding carboxylic acids is 3. The van der Waals surface area contributed by atoms with E-state index in [9.17, 15) is 14.4 Å². The van der Waals surface area contributed by atoms with Crippen molar-refractivity contribution in [2.24, 2.45) is 5.92 Å². The molecule has 0 spiro atoms. The predicted molar refractivity (Wildman–Crippen MR) is 100 cm³/mol. The number of benzene rings is 2. The van der Waals surface area contributed by atoms with Crippen LogP contribution in [0.15, 0.2) is 48.5 Å². The van der Waals surface area contributed by atoms with Crippen molar-refractivity contribution in [2.75, 3.05) is 7.11 Å². The van der Waals surface area contributed by atoms with Gasteiger partial charge in [0.05, 0.1) is 18.2 Å². The highest BCUT2D eigenvalue weighted by molar-refractivity contribution is 6.22. The van der Waals surface area contributed by atoms with E-state index < -0.39 is 17.9 Å². The van der Waals surface area contributed by atoms with Gasteiger partial charge in [-0.25, -0.2) is 0 Å². The van der Waals surface area contributed by atoms with Crippen LogP contribution in [0, 0.1) is 5.92 Å². The molecule has 0 aliphatic carbocycles. The molecule has 3 amide bonds. The number of ether oxygens (including phenoxy) is 1. The first kappa shape index (κ1) is 18.6. The van der Waals surface area contributed by atoms with Crippen molar-refractivity contribution in [3.05, 3.63) is 65.2 Å². The van der Waals surface area contributed by atoms with Gasteiger partial charge in [0.25, 0.3) is 11.8 Å². The highest BCUT2D eigenvalue weighted by Crippen LogP contribution is 2.27. The molecule has 1 heterocycles. The SMILES string of the molecule is COc1ccc(CNC(=O)C(C(C)C)N2C(=O)c3ccccc3C2=O)cc1. The molecule has 1 unspecified atom stereocenters. The largest absolute Gasteiger partial charge is 0.497 e. The lowest BCUT2D eigenvalue weighted by Gasteiger charge is -2.28. The number of amides is 3. The van der Waals surface area contributed by atoms with E-state index in [1.807, 2.05) is 38.1 Å². The maximum absolute atomic E-state index is 12.8. The molecule has 0 saturated heterocycles. The van der Waals surface area contributed by atoms with Crippen LogP contribution in [0.3, 0.4) is 0 Å². The van der Waals surface area contributed by atoms with Crippen molar-refractivity contribution in [3.8, 4) is 5.75 Å². The molecule has 0 bridgehead atoms. The van der Waals surface area contributed by atoms with Gasteiger partial charge in [-0.15, -0.1) is 0 Å². The summed E-state index contributed by atoms with van der Waals surface area (Å²) in [5.74, 6) is -0.683. The van der Waals surface area contributed by atoms with Gasteiger partial charge in [0, 0.05) is 6.54 Å². The summed E-state index contributed by atoms with van der Waals surface area (Å²) in [6.07, 6.45) is 0. The highest BCUT2D eigenvalue weighted by atomic mass is 16.5. The normalized spacial score (nSPS) is 14.3. The zero-order chi connectivity index (χ0) is 19.6. The standard InChI is InChI=1S/C21H22N2O4/c1-13(2)18(19(24)22-12-14-8-10-15(27-3)11-9-14)23-20(25)16-6-4-5-7-17(16)21(23)26/h4-11,13,18H,12H2,1-3H3,(H,22,24). The Morgan fingerprint density at radius 2 is 1.56 bits per heavy atom. The lowest BCUT2D eigenvalue weighted by atomic mass is 10.0. The quantitative estimate of drug-likeness (QED) is 0.798. The summed E-state index contributed by atoms with van der Waals surface area (Å²) in [7, 11) is 1.59. The Bertz CT molecular complexity index is 839. The van der Waals surface area contributed by atoms with Crippen molar-refractivity contribution < 1.29 is 19.1 Å². The molecule has 2 aromatic rings. The number of hydrogen-bond acceptors (Lipinski definition) is 4. The first-order chi connectivity index (χ1) is 12.9. The molecule has 27 heavy (non-hydrogen) atoms. The monoisotopic (exact) mass is 366 g/mol. The molecule has 140 valence electrons. The molecule has 1 atom stereocenters. The van der Waals surface area contributed by atoms with Gasteiger partial charge in [-0.3, -0.25) is 19.3 Å². The average molecular weight is 366 g/mol. The van der Waals surface area contributed by atoms with Crippen LogP contribution in [0.4, 0.5) is 0 Å². The summed E-state index contributed by atoms with van der Waals surface area (Å²) in [6, 6.07) is 13.1. The Kier molecular flexibility index (Phi) is 5.26. The first-order valence-corrected chi connectivity index (χ1v) is 8.81. The van der Waals surface area contributed by atoms with E-state index in [2.05, 4.69) is 5.32 Å². The summed E-state index contributed by atoms with van der Waals surface area (Å²) in [5, 5.41) is 2.84. The third kappa shape index (κ3) is 3.56. The van der Waals surface area contributed by atoms with Gasteiger partial charge in [0.15, 0.2) is 0 Å². The van der Waals surface area contributed by atoms with Gasteiger partial charge in [0.1, 0.15) is 11.8 Å². The van der Waals surface area contributed by atoms with Crippen molar-refractivity contribution in [3.63, 3.8) is 0 Å². The Labute approximate surface area is 158 Å². The topological polar surface area (TPSA) is 75.7 Å². The number of nitrogens with one attached hydrogen (secondary N) is 1. The smallest absolute Gasteiger partial charge is 0.262 e. The van der Waals surface area contributed by atoms with Crippen LogP contribution in [0.1, 0.15) is 40.1 Å². The second kappa shape index (κ2) is 7.61. The molecular weight excluding hydrogens is 344 g/mol. The molecule has 1 N–H and O–H groups in total. The van der Waals surface area contributed by atoms with Crippen LogP contribution >= 0.6 is 0 Å². The lowest BCUT2D eigenvalue weighted by Crippen LogP contribution is -2.52. The van der Waals surface area contributed by atoms with Gasteiger partial charge >= 0.3 is 0 Å². The fourth-order valence-electron chi connectivity index (χ4n) is 3.22. The first-order valence-electron chi connectivity index (χ1n) is 8.81. The van der Waals surface area contributed by atoms with E-state index in [1.165, 1.54) is 0 Å². The number of carbonyl (C=O) groups is 3. The van der Waals surface area contributed by atoms with Gasteiger partial charge < -0.3 is 10.1 Å². The fourth-order valence-corrected chi connectivity index (χ4v) is 3.22. The number of fused-ring (bicyclic) bond motifs is 1. The van der Waals surface area contributed by atoms with Crippen LogP contribution in [-0.2, 0) is 11.3 Å². The highest BCUT2D eigenvalue weighted by Gasteiger charge is 2.43. The molecule has 0 saturated carbocycles. The maximum atomic E-state index is 12.8. The lowest BCUT2D eigenvalue weighted by molar-refractivity contribution is -0.126. The minimum absolute atomic E-state index is 0.219. The molecule has 0 fully saturated rings. The average Bonchev–Trinajstić information content (AvgIpc) is 2.92.